The van der Waals surface area contributed by atoms with E-state index in [1.165, 1.54) is 14.8 Å². The van der Waals surface area contributed by atoms with Crippen molar-refractivity contribution >= 4 is 29.0 Å². The highest BCUT2D eigenvalue weighted by Crippen LogP contribution is 2.20. The predicted molar refractivity (Wildman–Crippen MR) is 82.2 cm³/mol. The van der Waals surface area contributed by atoms with Crippen LogP contribution >= 0.6 is 22.6 Å². The van der Waals surface area contributed by atoms with Crippen LogP contribution < -0.4 is 0 Å². The molecular formula is C15H18INO. The van der Waals surface area contributed by atoms with Gasteiger partial charge in [0.2, 0.25) is 6.41 Å². The van der Waals surface area contributed by atoms with E-state index in [0.717, 1.165) is 45.1 Å². The molecule has 0 spiro atoms. The Morgan fingerprint density at radius 1 is 1.28 bits per heavy atom. The van der Waals surface area contributed by atoms with Crippen molar-refractivity contribution < 1.29 is 4.79 Å². The lowest BCUT2D eigenvalue weighted by molar-refractivity contribution is -0.116. The van der Waals surface area contributed by atoms with Crippen LogP contribution in [0.25, 0.3) is 0 Å². The highest BCUT2D eigenvalue weighted by Gasteiger charge is 2.12. The molecule has 1 heterocycles. The minimum absolute atomic E-state index is 0.887. The minimum atomic E-state index is 0.887. The van der Waals surface area contributed by atoms with Gasteiger partial charge in [-0.25, -0.2) is 0 Å². The lowest BCUT2D eigenvalue weighted by Crippen LogP contribution is -2.25. The van der Waals surface area contributed by atoms with Gasteiger partial charge in [-0.05, 0) is 66.3 Å². The summed E-state index contributed by atoms with van der Waals surface area (Å²) in [5.74, 6) is 0. The molecule has 3 heteroatoms. The van der Waals surface area contributed by atoms with Gasteiger partial charge in [0, 0.05) is 15.8 Å². The normalized spacial score (nSPS) is 15.4. The summed E-state index contributed by atoms with van der Waals surface area (Å²) < 4.78 is 1.33. The number of hydrogen-bond acceptors (Lipinski definition) is 1. The molecule has 0 saturated heterocycles. The fraction of sp³-hybridized carbons (Fsp3) is 0.400. The Hall–Kier alpha value is -0.840. The van der Waals surface area contributed by atoms with Crippen molar-refractivity contribution in [2.24, 2.45) is 0 Å². The smallest absolute Gasteiger partial charge is 0.213 e. The second-order valence-corrected chi connectivity index (χ2v) is 5.74. The van der Waals surface area contributed by atoms with Gasteiger partial charge in [-0.15, -0.1) is 0 Å². The quantitative estimate of drug-likeness (QED) is 0.582. The summed E-state index contributed by atoms with van der Waals surface area (Å²) in [6.45, 7) is 0.887. The second-order valence-electron chi connectivity index (χ2n) is 4.58. The third-order valence-electron chi connectivity index (χ3n) is 3.32. The van der Waals surface area contributed by atoms with E-state index >= 15 is 0 Å². The van der Waals surface area contributed by atoms with Crippen molar-refractivity contribution in [3.05, 3.63) is 45.2 Å². The molecule has 96 valence electrons. The van der Waals surface area contributed by atoms with Crippen molar-refractivity contribution in [3.63, 3.8) is 0 Å². The zero-order valence-electron chi connectivity index (χ0n) is 10.4. The molecule has 2 nitrogen and oxygen atoms in total. The highest BCUT2D eigenvalue weighted by molar-refractivity contribution is 14.1. The second kappa shape index (κ2) is 6.92. The summed E-state index contributed by atoms with van der Waals surface area (Å²) >= 11 is 2.38. The van der Waals surface area contributed by atoms with Gasteiger partial charge in [0.05, 0.1) is 0 Å². The SMILES string of the molecule is O=CN1CCCC=C1CCCc1ccccc1I. The first-order valence-corrected chi connectivity index (χ1v) is 7.53. The van der Waals surface area contributed by atoms with Crippen molar-refractivity contribution in [3.8, 4) is 0 Å². The van der Waals surface area contributed by atoms with E-state index in [1.54, 1.807) is 0 Å². The van der Waals surface area contributed by atoms with Crippen LogP contribution in [-0.4, -0.2) is 17.9 Å². The van der Waals surface area contributed by atoms with Crippen LogP contribution in [-0.2, 0) is 11.2 Å². The Labute approximate surface area is 122 Å². The van der Waals surface area contributed by atoms with Crippen LogP contribution in [0.3, 0.4) is 0 Å². The molecule has 0 aliphatic carbocycles. The molecule has 1 aromatic carbocycles. The van der Waals surface area contributed by atoms with E-state index in [2.05, 4.69) is 52.9 Å². The number of hydrogen-bond donors (Lipinski definition) is 0. The molecule has 18 heavy (non-hydrogen) atoms. The molecule has 0 bridgehead atoms. The van der Waals surface area contributed by atoms with Crippen molar-refractivity contribution in [1.82, 2.24) is 4.90 Å². The number of nitrogens with zero attached hydrogens (tertiary/aromatic N) is 1. The summed E-state index contributed by atoms with van der Waals surface area (Å²) in [5, 5.41) is 0. The van der Waals surface area contributed by atoms with Gasteiger partial charge in [-0.2, -0.15) is 0 Å². The third-order valence-corrected chi connectivity index (χ3v) is 4.37. The average molecular weight is 355 g/mol. The van der Waals surface area contributed by atoms with Gasteiger partial charge >= 0.3 is 0 Å². The molecule has 1 aliphatic heterocycles. The summed E-state index contributed by atoms with van der Waals surface area (Å²) in [7, 11) is 0. The van der Waals surface area contributed by atoms with Crippen molar-refractivity contribution in [2.45, 2.75) is 32.1 Å². The molecule has 0 unspecified atom stereocenters. The van der Waals surface area contributed by atoms with Gasteiger partial charge < -0.3 is 4.90 Å². The summed E-state index contributed by atoms with van der Waals surface area (Å²) in [6.07, 6.45) is 8.59. The summed E-state index contributed by atoms with van der Waals surface area (Å²) in [4.78, 5) is 12.8. The highest BCUT2D eigenvalue weighted by atomic mass is 127. The van der Waals surface area contributed by atoms with Gasteiger partial charge in [-0.3, -0.25) is 4.79 Å². The van der Waals surface area contributed by atoms with Crippen LogP contribution in [0.1, 0.15) is 31.2 Å². The van der Waals surface area contributed by atoms with E-state index in [9.17, 15) is 4.79 Å². The lowest BCUT2D eigenvalue weighted by atomic mass is 10.0. The number of carbonyl (C=O) groups is 1. The van der Waals surface area contributed by atoms with Crippen molar-refractivity contribution in [2.75, 3.05) is 6.54 Å². The van der Waals surface area contributed by atoms with E-state index in [0.29, 0.717) is 0 Å². The molecule has 0 saturated carbocycles. The number of aryl methyl sites for hydroxylation is 1. The average Bonchev–Trinajstić information content (AvgIpc) is 2.41. The van der Waals surface area contributed by atoms with Crippen LogP contribution in [0.4, 0.5) is 0 Å². The van der Waals surface area contributed by atoms with Gasteiger partial charge in [0.25, 0.3) is 0 Å². The fourth-order valence-electron chi connectivity index (χ4n) is 2.32. The van der Waals surface area contributed by atoms with Crippen LogP contribution in [0, 0.1) is 3.57 Å². The van der Waals surface area contributed by atoms with Crippen molar-refractivity contribution in [1.29, 1.82) is 0 Å². The van der Waals surface area contributed by atoms with E-state index < -0.39 is 0 Å². The molecule has 0 radical (unpaired) electrons. The van der Waals surface area contributed by atoms with Crippen LogP contribution in [0.15, 0.2) is 36.0 Å². The van der Waals surface area contributed by atoms with Crippen LogP contribution in [0.2, 0.25) is 0 Å². The van der Waals surface area contributed by atoms with Gasteiger partial charge in [-0.1, -0.05) is 24.3 Å². The largest absolute Gasteiger partial charge is 0.319 e. The van der Waals surface area contributed by atoms with E-state index in [4.69, 9.17) is 0 Å². The maximum Gasteiger partial charge on any atom is 0.213 e. The molecule has 0 N–H and O–H groups in total. The molecule has 0 aromatic heterocycles. The van der Waals surface area contributed by atoms with E-state index in [1.807, 2.05) is 4.90 Å². The number of amides is 1. The Bertz CT molecular complexity index is 442. The lowest BCUT2D eigenvalue weighted by Gasteiger charge is -2.24. The Kier molecular flexibility index (Phi) is 5.23. The maximum atomic E-state index is 10.9. The first-order valence-electron chi connectivity index (χ1n) is 6.45. The molecule has 0 fully saturated rings. The number of carbonyl (C=O) groups excluding carboxylic acids is 1. The number of allylic oxidation sites excluding steroid dienone is 2. The Morgan fingerprint density at radius 3 is 2.89 bits per heavy atom. The van der Waals surface area contributed by atoms with Gasteiger partial charge in [0.1, 0.15) is 0 Å². The molecule has 2 rings (SSSR count). The fourth-order valence-corrected chi connectivity index (χ4v) is 2.98. The topological polar surface area (TPSA) is 20.3 Å². The van der Waals surface area contributed by atoms with E-state index in [-0.39, 0.29) is 0 Å². The molecular weight excluding hydrogens is 337 g/mol. The molecule has 1 amide bonds. The number of rotatable bonds is 5. The standard InChI is InChI=1S/C15H18INO/c16-15-10-2-1-6-13(15)7-5-9-14-8-3-4-11-17(14)12-18/h1-2,6,8,10,12H,3-5,7,9,11H2. The third kappa shape index (κ3) is 3.57. The number of benzene rings is 1. The monoisotopic (exact) mass is 355 g/mol. The summed E-state index contributed by atoms with van der Waals surface area (Å²) in [5.41, 5.74) is 2.62. The molecule has 1 aliphatic rings. The zero-order valence-corrected chi connectivity index (χ0v) is 12.6. The molecule has 1 aromatic rings. The zero-order chi connectivity index (χ0) is 12.8. The first kappa shape index (κ1) is 13.6. The Morgan fingerprint density at radius 2 is 2.11 bits per heavy atom. The summed E-state index contributed by atoms with van der Waals surface area (Å²) in [6, 6.07) is 8.50. The Balaban J connectivity index is 1.87. The minimum Gasteiger partial charge on any atom is -0.319 e. The van der Waals surface area contributed by atoms with Crippen LogP contribution in [0.5, 0.6) is 0 Å². The van der Waals surface area contributed by atoms with Gasteiger partial charge in [0.15, 0.2) is 0 Å². The molecule has 0 atom stereocenters. The maximum absolute atomic E-state index is 10.9. The number of halogens is 1. The predicted octanol–water partition coefficient (Wildman–Crippen LogP) is 3.75. The first-order chi connectivity index (χ1) is 8.81.